The van der Waals surface area contributed by atoms with E-state index in [1.165, 1.54) is 17.2 Å². The van der Waals surface area contributed by atoms with E-state index >= 15 is 0 Å². The third-order valence-corrected chi connectivity index (χ3v) is 4.99. The van der Waals surface area contributed by atoms with Gasteiger partial charge < -0.3 is 14.5 Å². The Kier molecular flexibility index (Phi) is 5.78. The SMILES string of the molecule is Cc1ccc(C(=O)c2ccc(OC(C)(C)C(=O)OCn3cc4c(=O)[nH]cnc4n3)cc2)cc1. The Labute approximate surface area is 189 Å². The van der Waals surface area contributed by atoms with E-state index in [9.17, 15) is 14.4 Å². The number of carbonyl (C=O) groups excluding carboxylic acids is 2. The molecule has 4 aromatic rings. The summed E-state index contributed by atoms with van der Waals surface area (Å²) in [4.78, 5) is 43.4. The molecule has 0 aliphatic carbocycles. The van der Waals surface area contributed by atoms with E-state index in [0.29, 0.717) is 22.3 Å². The highest BCUT2D eigenvalue weighted by Gasteiger charge is 2.32. The zero-order valence-electron chi connectivity index (χ0n) is 18.4. The number of ether oxygens (including phenoxy) is 2. The quantitative estimate of drug-likeness (QED) is 0.343. The van der Waals surface area contributed by atoms with Crippen molar-refractivity contribution in [2.24, 2.45) is 0 Å². The van der Waals surface area contributed by atoms with E-state index in [0.717, 1.165) is 5.56 Å². The van der Waals surface area contributed by atoms with Gasteiger partial charge in [0.1, 0.15) is 11.1 Å². The number of nitrogens with one attached hydrogen (secondary N) is 1. The molecule has 4 rings (SSSR count). The second-order valence-corrected chi connectivity index (χ2v) is 8.03. The maximum absolute atomic E-state index is 12.6. The number of H-pyrrole nitrogens is 1. The number of hydrogen-bond acceptors (Lipinski definition) is 7. The zero-order valence-corrected chi connectivity index (χ0v) is 18.4. The maximum atomic E-state index is 12.6. The first-order valence-corrected chi connectivity index (χ1v) is 10.2. The normalized spacial score (nSPS) is 11.4. The third-order valence-electron chi connectivity index (χ3n) is 4.99. The van der Waals surface area contributed by atoms with Crippen molar-refractivity contribution in [1.29, 1.82) is 0 Å². The number of aromatic amines is 1. The highest BCUT2D eigenvalue weighted by molar-refractivity contribution is 6.09. The van der Waals surface area contributed by atoms with Gasteiger partial charge in [-0.15, -0.1) is 5.10 Å². The van der Waals surface area contributed by atoms with Crippen molar-refractivity contribution in [3.8, 4) is 5.75 Å². The van der Waals surface area contributed by atoms with Gasteiger partial charge in [0, 0.05) is 17.3 Å². The van der Waals surface area contributed by atoms with Gasteiger partial charge in [-0.3, -0.25) is 9.59 Å². The molecule has 0 atom stereocenters. The number of carbonyl (C=O) groups is 2. The Morgan fingerprint density at radius 3 is 2.30 bits per heavy atom. The molecule has 1 N–H and O–H groups in total. The summed E-state index contributed by atoms with van der Waals surface area (Å²) in [6, 6.07) is 13.9. The van der Waals surface area contributed by atoms with E-state index in [-0.39, 0.29) is 23.7 Å². The third kappa shape index (κ3) is 4.82. The van der Waals surface area contributed by atoms with Gasteiger partial charge in [0.2, 0.25) is 0 Å². The van der Waals surface area contributed by atoms with E-state index in [2.05, 4.69) is 15.1 Å². The molecule has 0 spiro atoms. The van der Waals surface area contributed by atoms with Crippen LogP contribution in [0.2, 0.25) is 0 Å². The molecule has 0 saturated heterocycles. The molecular formula is C24H22N4O5. The van der Waals surface area contributed by atoms with Gasteiger partial charge in [-0.2, -0.15) is 0 Å². The number of ketones is 1. The minimum atomic E-state index is -1.30. The summed E-state index contributed by atoms with van der Waals surface area (Å²) in [5.41, 5.74) is 0.819. The molecule has 9 nitrogen and oxygen atoms in total. The van der Waals surface area contributed by atoms with Gasteiger partial charge in [-0.05, 0) is 45.0 Å². The minimum absolute atomic E-state index is 0.0971. The number of nitrogens with zero attached hydrogens (tertiary/aromatic N) is 3. The van der Waals surface area contributed by atoms with Crippen LogP contribution in [0.4, 0.5) is 0 Å². The predicted molar refractivity (Wildman–Crippen MR) is 120 cm³/mol. The van der Waals surface area contributed by atoms with E-state index < -0.39 is 11.6 Å². The molecule has 0 saturated carbocycles. The van der Waals surface area contributed by atoms with Crippen molar-refractivity contribution in [3.63, 3.8) is 0 Å². The van der Waals surface area contributed by atoms with Crippen LogP contribution in [0.25, 0.3) is 11.0 Å². The van der Waals surface area contributed by atoms with Crippen LogP contribution in [0.1, 0.15) is 35.3 Å². The summed E-state index contributed by atoms with van der Waals surface area (Å²) in [7, 11) is 0. The first kappa shape index (κ1) is 21.9. The fourth-order valence-corrected chi connectivity index (χ4v) is 3.14. The molecule has 0 unspecified atom stereocenters. The molecule has 0 aliphatic rings. The zero-order chi connectivity index (χ0) is 23.6. The van der Waals surface area contributed by atoms with Crippen molar-refractivity contribution in [3.05, 3.63) is 88.1 Å². The van der Waals surface area contributed by atoms with Crippen molar-refractivity contribution in [1.82, 2.24) is 19.7 Å². The molecule has 0 aliphatic heterocycles. The summed E-state index contributed by atoms with van der Waals surface area (Å²) in [6.07, 6.45) is 2.71. The standard InChI is InChI=1S/C24H22N4O5/c1-15-4-6-16(7-5-15)20(29)17-8-10-18(11-9-17)33-24(2,3)23(31)32-14-28-12-19-21(27-28)25-13-26-22(19)30/h4-13H,14H2,1-3H3,(H,25,26,27,30). The Morgan fingerprint density at radius 1 is 1.03 bits per heavy atom. The Balaban J connectivity index is 1.39. The van der Waals surface area contributed by atoms with Crippen LogP contribution in [0.15, 0.2) is 65.8 Å². The largest absolute Gasteiger partial charge is 0.476 e. The molecule has 9 heteroatoms. The highest BCUT2D eigenvalue weighted by Crippen LogP contribution is 2.22. The van der Waals surface area contributed by atoms with Gasteiger partial charge in [0.05, 0.1) is 6.33 Å². The Hall–Kier alpha value is -4.27. The van der Waals surface area contributed by atoms with Crippen LogP contribution < -0.4 is 10.3 Å². The number of hydrogen-bond donors (Lipinski definition) is 1. The van der Waals surface area contributed by atoms with Crippen LogP contribution in [-0.4, -0.2) is 37.1 Å². The number of aromatic nitrogens is 4. The van der Waals surface area contributed by atoms with Gasteiger partial charge in [0.25, 0.3) is 5.56 Å². The van der Waals surface area contributed by atoms with Crippen LogP contribution in [0.3, 0.4) is 0 Å². The van der Waals surface area contributed by atoms with Gasteiger partial charge >= 0.3 is 5.97 Å². The van der Waals surface area contributed by atoms with Crippen molar-refractivity contribution in [2.75, 3.05) is 0 Å². The average Bonchev–Trinajstić information content (AvgIpc) is 3.22. The lowest BCUT2D eigenvalue weighted by atomic mass is 10.0. The summed E-state index contributed by atoms with van der Waals surface area (Å²) in [5, 5.41) is 4.40. The first-order chi connectivity index (χ1) is 15.7. The van der Waals surface area contributed by atoms with Crippen molar-refractivity contribution in [2.45, 2.75) is 33.1 Å². The molecule has 0 bridgehead atoms. The Morgan fingerprint density at radius 2 is 1.67 bits per heavy atom. The van der Waals surface area contributed by atoms with Gasteiger partial charge in [0.15, 0.2) is 23.8 Å². The van der Waals surface area contributed by atoms with Crippen LogP contribution in [-0.2, 0) is 16.3 Å². The lowest BCUT2D eigenvalue weighted by Crippen LogP contribution is -2.40. The second kappa shape index (κ2) is 8.70. The molecule has 2 aromatic heterocycles. The molecule has 0 amide bonds. The minimum Gasteiger partial charge on any atom is -0.476 e. The monoisotopic (exact) mass is 446 g/mol. The first-order valence-electron chi connectivity index (χ1n) is 10.2. The van der Waals surface area contributed by atoms with Gasteiger partial charge in [-0.25, -0.2) is 14.5 Å². The average molecular weight is 446 g/mol. The van der Waals surface area contributed by atoms with Gasteiger partial charge in [-0.1, -0.05) is 29.8 Å². The second-order valence-electron chi connectivity index (χ2n) is 8.03. The fraction of sp³-hybridized carbons (Fsp3) is 0.208. The highest BCUT2D eigenvalue weighted by atomic mass is 16.6. The van der Waals surface area contributed by atoms with E-state index in [1.807, 2.05) is 19.1 Å². The predicted octanol–water partition coefficient (Wildman–Crippen LogP) is 3.02. The molecule has 0 fully saturated rings. The van der Waals surface area contributed by atoms with Crippen LogP contribution >= 0.6 is 0 Å². The number of esters is 1. The molecule has 2 heterocycles. The van der Waals surface area contributed by atoms with Crippen molar-refractivity contribution >= 4 is 22.8 Å². The molecule has 2 aromatic carbocycles. The van der Waals surface area contributed by atoms with E-state index in [1.54, 1.807) is 50.2 Å². The van der Waals surface area contributed by atoms with Crippen molar-refractivity contribution < 1.29 is 19.1 Å². The summed E-state index contributed by atoms with van der Waals surface area (Å²) in [6.45, 7) is 4.91. The van der Waals surface area contributed by atoms with E-state index in [4.69, 9.17) is 9.47 Å². The summed E-state index contributed by atoms with van der Waals surface area (Å²) < 4.78 is 12.4. The van der Waals surface area contributed by atoms with Crippen LogP contribution in [0.5, 0.6) is 5.75 Å². The maximum Gasteiger partial charge on any atom is 0.351 e. The molecule has 168 valence electrons. The number of benzene rings is 2. The number of fused-ring (bicyclic) bond motifs is 1. The lowest BCUT2D eigenvalue weighted by molar-refractivity contribution is -0.163. The van der Waals surface area contributed by atoms with Crippen LogP contribution in [0, 0.1) is 6.92 Å². The topological polar surface area (TPSA) is 116 Å². The summed E-state index contributed by atoms with van der Waals surface area (Å²) in [5.74, 6) is -0.304. The molecule has 33 heavy (non-hydrogen) atoms. The lowest BCUT2D eigenvalue weighted by Gasteiger charge is -2.24. The Bertz CT molecular complexity index is 1370. The number of aryl methyl sites for hydroxylation is 1. The molecule has 0 radical (unpaired) electrons. The number of rotatable bonds is 7. The molecular weight excluding hydrogens is 424 g/mol. The smallest absolute Gasteiger partial charge is 0.351 e. The fourth-order valence-electron chi connectivity index (χ4n) is 3.14. The summed E-state index contributed by atoms with van der Waals surface area (Å²) >= 11 is 0.